The second-order valence-corrected chi connectivity index (χ2v) is 6.10. The first kappa shape index (κ1) is 12.3. The highest BCUT2D eigenvalue weighted by molar-refractivity contribution is 4.97. The molecule has 1 aliphatic heterocycles. The first-order valence-electron chi connectivity index (χ1n) is 6.71. The van der Waals surface area contributed by atoms with E-state index in [1.807, 2.05) is 0 Å². The van der Waals surface area contributed by atoms with E-state index in [1.54, 1.807) is 0 Å². The fourth-order valence-corrected chi connectivity index (χ4v) is 3.09. The van der Waals surface area contributed by atoms with Gasteiger partial charge in [0.2, 0.25) is 0 Å². The molecule has 2 aliphatic rings. The van der Waals surface area contributed by atoms with Crippen molar-refractivity contribution in [2.24, 2.45) is 11.1 Å². The highest BCUT2D eigenvalue weighted by Gasteiger charge is 2.43. The van der Waals surface area contributed by atoms with Gasteiger partial charge in [-0.3, -0.25) is 9.80 Å². The van der Waals surface area contributed by atoms with Crippen molar-refractivity contribution in [2.75, 3.05) is 33.2 Å². The summed E-state index contributed by atoms with van der Waals surface area (Å²) in [5.41, 5.74) is 6.31. The van der Waals surface area contributed by atoms with Gasteiger partial charge in [0, 0.05) is 31.7 Å². The molecule has 0 aromatic heterocycles. The summed E-state index contributed by atoms with van der Waals surface area (Å²) < 4.78 is 0. The SMILES string of the molecule is CC1CN(CC2(CCN)CC2)CC(C)N1C. The predicted octanol–water partition coefficient (Wildman–Crippen LogP) is 1.14. The van der Waals surface area contributed by atoms with Gasteiger partial charge in [0.25, 0.3) is 0 Å². The lowest BCUT2D eigenvalue weighted by Gasteiger charge is -2.43. The van der Waals surface area contributed by atoms with Crippen molar-refractivity contribution >= 4 is 0 Å². The summed E-state index contributed by atoms with van der Waals surface area (Å²) in [6, 6.07) is 1.38. The Kier molecular flexibility index (Phi) is 3.57. The second kappa shape index (κ2) is 4.63. The molecule has 1 saturated heterocycles. The number of hydrogen-bond donors (Lipinski definition) is 1. The highest BCUT2D eigenvalue weighted by atomic mass is 15.3. The largest absolute Gasteiger partial charge is 0.330 e. The Bertz CT molecular complexity index is 225. The van der Waals surface area contributed by atoms with Gasteiger partial charge in [0.05, 0.1) is 0 Å². The van der Waals surface area contributed by atoms with Gasteiger partial charge in [0.1, 0.15) is 0 Å². The van der Waals surface area contributed by atoms with E-state index in [2.05, 4.69) is 30.7 Å². The zero-order chi connectivity index (χ0) is 11.8. The summed E-state index contributed by atoms with van der Waals surface area (Å²) in [6.07, 6.45) is 4.03. The van der Waals surface area contributed by atoms with Crippen LogP contribution in [0.2, 0.25) is 0 Å². The van der Waals surface area contributed by atoms with Gasteiger partial charge in [-0.25, -0.2) is 0 Å². The molecule has 16 heavy (non-hydrogen) atoms. The Balaban J connectivity index is 1.87. The van der Waals surface area contributed by atoms with E-state index in [4.69, 9.17) is 5.73 Å². The van der Waals surface area contributed by atoms with Crippen LogP contribution in [0.4, 0.5) is 0 Å². The molecule has 2 atom stereocenters. The Morgan fingerprint density at radius 1 is 1.19 bits per heavy atom. The standard InChI is InChI=1S/C13H27N3/c1-11-8-16(9-12(2)15(11)3)10-13(4-5-13)6-7-14/h11-12H,4-10,14H2,1-3H3. The van der Waals surface area contributed by atoms with Crippen LogP contribution < -0.4 is 5.73 Å². The molecule has 1 saturated carbocycles. The van der Waals surface area contributed by atoms with Crippen molar-refractivity contribution in [3.63, 3.8) is 0 Å². The molecule has 1 aliphatic carbocycles. The summed E-state index contributed by atoms with van der Waals surface area (Å²) in [5, 5.41) is 0. The molecule has 1 heterocycles. The van der Waals surface area contributed by atoms with E-state index in [0.29, 0.717) is 17.5 Å². The lowest BCUT2D eigenvalue weighted by molar-refractivity contribution is 0.0469. The fraction of sp³-hybridized carbons (Fsp3) is 1.00. The van der Waals surface area contributed by atoms with Gasteiger partial charge in [0.15, 0.2) is 0 Å². The molecular weight excluding hydrogens is 198 g/mol. The average molecular weight is 225 g/mol. The van der Waals surface area contributed by atoms with Crippen LogP contribution >= 0.6 is 0 Å². The number of nitrogens with zero attached hydrogens (tertiary/aromatic N) is 2. The van der Waals surface area contributed by atoms with Crippen molar-refractivity contribution in [1.82, 2.24) is 9.80 Å². The van der Waals surface area contributed by atoms with Gasteiger partial charge in [-0.15, -0.1) is 0 Å². The summed E-state index contributed by atoms with van der Waals surface area (Å²) in [5.74, 6) is 0. The molecule has 3 heteroatoms. The van der Waals surface area contributed by atoms with E-state index in [0.717, 1.165) is 6.54 Å². The van der Waals surface area contributed by atoms with Gasteiger partial charge in [-0.1, -0.05) is 0 Å². The zero-order valence-electron chi connectivity index (χ0n) is 11.1. The summed E-state index contributed by atoms with van der Waals surface area (Å²) >= 11 is 0. The van der Waals surface area contributed by atoms with E-state index < -0.39 is 0 Å². The summed E-state index contributed by atoms with van der Waals surface area (Å²) in [4.78, 5) is 5.16. The van der Waals surface area contributed by atoms with E-state index in [9.17, 15) is 0 Å². The second-order valence-electron chi connectivity index (χ2n) is 6.10. The van der Waals surface area contributed by atoms with Crippen LogP contribution in [-0.2, 0) is 0 Å². The maximum Gasteiger partial charge on any atom is 0.0195 e. The van der Waals surface area contributed by atoms with Crippen LogP contribution in [-0.4, -0.2) is 55.1 Å². The molecule has 2 fully saturated rings. The lowest BCUT2D eigenvalue weighted by Crippen LogP contribution is -2.55. The number of rotatable bonds is 4. The molecule has 0 aromatic rings. The first-order chi connectivity index (χ1) is 7.56. The number of nitrogens with two attached hydrogens (primary N) is 1. The molecule has 3 nitrogen and oxygen atoms in total. The molecule has 0 aromatic carbocycles. The van der Waals surface area contributed by atoms with Gasteiger partial charge in [-0.2, -0.15) is 0 Å². The molecule has 2 N–H and O–H groups in total. The van der Waals surface area contributed by atoms with Crippen molar-refractivity contribution in [3.05, 3.63) is 0 Å². The third-order valence-electron chi connectivity index (χ3n) is 4.63. The molecule has 0 radical (unpaired) electrons. The van der Waals surface area contributed by atoms with Crippen LogP contribution in [0.25, 0.3) is 0 Å². The van der Waals surface area contributed by atoms with E-state index in [1.165, 1.54) is 38.9 Å². The minimum atomic E-state index is 0.601. The molecule has 0 bridgehead atoms. The quantitative estimate of drug-likeness (QED) is 0.779. The summed E-state index contributed by atoms with van der Waals surface area (Å²) in [7, 11) is 2.25. The normalized spacial score (nSPS) is 35.2. The van der Waals surface area contributed by atoms with Gasteiger partial charge in [-0.05, 0) is 52.1 Å². The molecule has 94 valence electrons. The van der Waals surface area contributed by atoms with Gasteiger partial charge < -0.3 is 5.73 Å². The van der Waals surface area contributed by atoms with E-state index >= 15 is 0 Å². The van der Waals surface area contributed by atoms with Crippen molar-refractivity contribution in [1.29, 1.82) is 0 Å². The average Bonchev–Trinajstić information content (AvgIpc) is 2.95. The number of piperazine rings is 1. The number of likely N-dealkylation sites (N-methyl/N-ethyl adjacent to an activating group) is 1. The zero-order valence-corrected chi connectivity index (χ0v) is 11.1. The third kappa shape index (κ3) is 2.58. The first-order valence-corrected chi connectivity index (χ1v) is 6.71. The van der Waals surface area contributed by atoms with Crippen molar-refractivity contribution < 1.29 is 0 Å². The molecule has 2 unspecified atom stereocenters. The van der Waals surface area contributed by atoms with Crippen LogP contribution in [0.3, 0.4) is 0 Å². The topological polar surface area (TPSA) is 32.5 Å². The Hall–Kier alpha value is -0.120. The molecule has 2 rings (SSSR count). The molecular formula is C13H27N3. The minimum absolute atomic E-state index is 0.601. The maximum absolute atomic E-state index is 5.71. The summed E-state index contributed by atoms with van der Waals surface area (Å²) in [6.45, 7) is 9.28. The van der Waals surface area contributed by atoms with Gasteiger partial charge >= 0.3 is 0 Å². The Morgan fingerprint density at radius 3 is 2.19 bits per heavy atom. The fourth-order valence-electron chi connectivity index (χ4n) is 3.09. The van der Waals surface area contributed by atoms with E-state index in [-0.39, 0.29) is 0 Å². The smallest absolute Gasteiger partial charge is 0.0195 e. The maximum atomic E-state index is 5.71. The number of hydrogen-bond acceptors (Lipinski definition) is 3. The Labute approximate surface area is 100.0 Å². The van der Waals surface area contributed by atoms with Crippen LogP contribution in [0.15, 0.2) is 0 Å². The van der Waals surface area contributed by atoms with Crippen LogP contribution in [0, 0.1) is 5.41 Å². The monoisotopic (exact) mass is 225 g/mol. The lowest BCUT2D eigenvalue weighted by atomic mass is 10.00. The van der Waals surface area contributed by atoms with Crippen LogP contribution in [0.5, 0.6) is 0 Å². The highest BCUT2D eigenvalue weighted by Crippen LogP contribution is 2.49. The Morgan fingerprint density at radius 2 is 1.75 bits per heavy atom. The minimum Gasteiger partial charge on any atom is -0.330 e. The molecule has 0 spiro atoms. The third-order valence-corrected chi connectivity index (χ3v) is 4.63. The van der Waals surface area contributed by atoms with Crippen molar-refractivity contribution in [3.8, 4) is 0 Å². The molecule has 0 amide bonds. The van der Waals surface area contributed by atoms with Crippen molar-refractivity contribution in [2.45, 2.75) is 45.2 Å². The predicted molar refractivity (Wildman–Crippen MR) is 68.5 cm³/mol. The van der Waals surface area contributed by atoms with Crippen LogP contribution in [0.1, 0.15) is 33.1 Å².